The number of H-pyrrole nitrogens is 2. The number of nitrogens with one attached hydrogen (secondary N) is 2. The first-order chi connectivity index (χ1) is 11.7. The molecular weight excluding hydrogens is 304 g/mol. The molecule has 6 nitrogen and oxygen atoms in total. The van der Waals surface area contributed by atoms with Crippen LogP contribution < -0.4 is 5.56 Å². The molecule has 2 aromatic heterocycles. The highest BCUT2D eigenvalue weighted by Gasteiger charge is 2.25. The zero-order valence-corrected chi connectivity index (χ0v) is 13.2. The Balaban J connectivity index is 1.46. The number of likely N-dealkylation sites (tertiary alicyclic amines) is 1. The van der Waals surface area contributed by atoms with Gasteiger partial charge < -0.3 is 14.9 Å². The van der Waals surface area contributed by atoms with Crippen LogP contribution in [0.5, 0.6) is 0 Å². The van der Waals surface area contributed by atoms with Gasteiger partial charge in [-0.25, -0.2) is 4.98 Å². The SMILES string of the molecule is O=C(c1cc(=O)[nH]cn1)N1CCC(c2ccc3[nH]ccc3c2)CC1. The van der Waals surface area contributed by atoms with Gasteiger partial charge in [-0.05, 0) is 47.9 Å². The van der Waals surface area contributed by atoms with Crippen LogP contribution >= 0.6 is 0 Å². The summed E-state index contributed by atoms with van der Waals surface area (Å²) < 4.78 is 0. The summed E-state index contributed by atoms with van der Waals surface area (Å²) in [5.74, 6) is 0.293. The van der Waals surface area contributed by atoms with E-state index in [1.807, 2.05) is 6.20 Å². The van der Waals surface area contributed by atoms with Crippen LogP contribution in [-0.4, -0.2) is 38.8 Å². The highest BCUT2D eigenvalue weighted by molar-refractivity contribution is 5.92. The molecule has 2 N–H and O–H groups in total. The van der Waals surface area contributed by atoms with Crippen molar-refractivity contribution in [1.82, 2.24) is 19.9 Å². The van der Waals surface area contributed by atoms with Crippen LogP contribution in [0.4, 0.5) is 0 Å². The van der Waals surface area contributed by atoms with E-state index in [0.717, 1.165) is 18.4 Å². The Hall–Kier alpha value is -2.89. The molecule has 0 atom stereocenters. The van der Waals surface area contributed by atoms with Crippen molar-refractivity contribution in [2.45, 2.75) is 18.8 Å². The molecule has 1 aliphatic rings. The topological polar surface area (TPSA) is 81.8 Å². The van der Waals surface area contributed by atoms with Crippen LogP contribution in [0.15, 0.2) is 47.7 Å². The number of hydrogen-bond donors (Lipinski definition) is 2. The number of rotatable bonds is 2. The first-order valence-electron chi connectivity index (χ1n) is 8.12. The molecule has 0 spiro atoms. The summed E-state index contributed by atoms with van der Waals surface area (Å²) in [5, 5.41) is 1.22. The van der Waals surface area contributed by atoms with Crippen molar-refractivity contribution in [2.75, 3.05) is 13.1 Å². The van der Waals surface area contributed by atoms with Crippen LogP contribution in [0.1, 0.15) is 34.8 Å². The Morgan fingerprint density at radius 1 is 1.12 bits per heavy atom. The highest BCUT2D eigenvalue weighted by Crippen LogP contribution is 2.30. The van der Waals surface area contributed by atoms with Crippen LogP contribution in [0, 0.1) is 0 Å². The van der Waals surface area contributed by atoms with Gasteiger partial charge in [0.2, 0.25) is 0 Å². The second kappa shape index (κ2) is 5.96. The molecule has 3 aromatic rings. The van der Waals surface area contributed by atoms with E-state index in [9.17, 15) is 9.59 Å². The second-order valence-corrected chi connectivity index (χ2v) is 6.19. The molecule has 0 saturated carbocycles. The molecule has 122 valence electrons. The normalized spacial score (nSPS) is 15.8. The maximum atomic E-state index is 12.4. The van der Waals surface area contributed by atoms with Crippen molar-refractivity contribution in [3.63, 3.8) is 0 Å². The Kier molecular flexibility index (Phi) is 3.65. The van der Waals surface area contributed by atoms with Crippen molar-refractivity contribution in [3.8, 4) is 0 Å². The molecule has 0 bridgehead atoms. The van der Waals surface area contributed by atoms with Gasteiger partial charge in [0.05, 0.1) is 6.33 Å². The third-order valence-electron chi connectivity index (χ3n) is 4.73. The summed E-state index contributed by atoms with van der Waals surface area (Å²) in [6.45, 7) is 1.37. The maximum Gasteiger partial charge on any atom is 0.272 e. The van der Waals surface area contributed by atoms with E-state index in [1.54, 1.807) is 4.90 Å². The van der Waals surface area contributed by atoms with Gasteiger partial charge in [-0.2, -0.15) is 0 Å². The number of aromatic amines is 2. The predicted octanol–water partition coefficient (Wildman–Crippen LogP) is 2.27. The summed E-state index contributed by atoms with van der Waals surface area (Å²) in [6, 6.07) is 9.85. The highest BCUT2D eigenvalue weighted by atomic mass is 16.2. The van der Waals surface area contributed by atoms with Gasteiger partial charge in [-0.1, -0.05) is 6.07 Å². The van der Waals surface area contributed by atoms with E-state index in [2.05, 4.69) is 39.2 Å². The lowest BCUT2D eigenvalue weighted by molar-refractivity contribution is 0.0706. The molecule has 4 rings (SSSR count). The van der Waals surface area contributed by atoms with Gasteiger partial charge >= 0.3 is 0 Å². The largest absolute Gasteiger partial charge is 0.361 e. The van der Waals surface area contributed by atoms with Crippen molar-refractivity contribution in [3.05, 3.63) is 64.5 Å². The van der Waals surface area contributed by atoms with Gasteiger partial charge in [-0.15, -0.1) is 0 Å². The molecule has 1 saturated heterocycles. The number of hydrogen-bond acceptors (Lipinski definition) is 3. The summed E-state index contributed by atoms with van der Waals surface area (Å²) in [7, 11) is 0. The molecule has 1 aliphatic heterocycles. The summed E-state index contributed by atoms with van der Waals surface area (Å²) in [5.41, 5.74) is 2.38. The number of nitrogens with zero attached hydrogens (tertiary/aromatic N) is 2. The Morgan fingerprint density at radius 3 is 2.75 bits per heavy atom. The number of benzene rings is 1. The average molecular weight is 322 g/mol. The van der Waals surface area contributed by atoms with Crippen molar-refractivity contribution in [1.29, 1.82) is 0 Å². The minimum Gasteiger partial charge on any atom is -0.361 e. The third kappa shape index (κ3) is 2.71. The van der Waals surface area contributed by atoms with Crippen molar-refractivity contribution >= 4 is 16.8 Å². The maximum absolute atomic E-state index is 12.4. The monoisotopic (exact) mass is 322 g/mol. The van der Waals surface area contributed by atoms with E-state index in [-0.39, 0.29) is 17.2 Å². The summed E-state index contributed by atoms with van der Waals surface area (Å²) >= 11 is 0. The zero-order chi connectivity index (χ0) is 16.5. The van der Waals surface area contributed by atoms with Crippen molar-refractivity contribution in [2.24, 2.45) is 0 Å². The second-order valence-electron chi connectivity index (χ2n) is 6.19. The van der Waals surface area contributed by atoms with E-state index in [1.165, 1.54) is 23.3 Å². The summed E-state index contributed by atoms with van der Waals surface area (Å²) in [6.07, 6.45) is 5.06. The number of carbonyl (C=O) groups is 1. The van der Waals surface area contributed by atoms with E-state index >= 15 is 0 Å². The van der Waals surface area contributed by atoms with Crippen LogP contribution in [0.25, 0.3) is 10.9 Å². The van der Waals surface area contributed by atoms with E-state index < -0.39 is 0 Å². The molecule has 0 aliphatic carbocycles. The molecule has 1 fully saturated rings. The summed E-state index contributed by atoms with van der Waals surface area (Å²) in [4.78, 5) is 35.2. The fourth-order valence-corrected chi connectivity index (χ4v) is 3.39. The molecule has 3 heterocycles. The number of carbonyl (C=O) groups excluding carboxylic acids is 1. The van der Waals surface area contributed by atoms with E-state index in [0.29, 0.717) is 19.0 Å². The van der Waals surface area contributed by atoms with Gasteiger partial charge in [-0.3, -0.25) is 9.59 Å². The van der Waals surface area contributed by atoms with Crippen LogP contribution in [0.2, 0.25) is 0 Å². The lowest BCUT2D eigenvalue weighted by Crippen LogP contribution is -2.38. The fraction of sp³-hybridized carbons (Fsp3) is 0.278. The molecule has 6 heteroatoms. The molecule has 1 amide bonds. The quantitative estimate of drug-likeness (QED) is 0.759. The minimum atomic E-state index is -0.303. The van der Waals surface area contributed by atoms with Crippen molar-refractivity contribution < 1.29 is 4.79 Å². The van der Waals surface area contributed by atoms with Gasteiger partial charge in [0.1, 0.15) is 5.69 Å². The molecular formula is C18H18N4O2. The first kappa shape index (κ1) is 14.7. The minimum absolute atomic E-state index is 0.166. The Morgan fingerprint density at radius 2 is 1.96 bits per heavy atom. The lowest BCUT2D eigenvalue weighted by atomic mass is 9.89. The molecule has 0 unspecified atom stereocenters. The van der Waals surface area contributed by atoms with Crippen LogP contribution in [0.3, 0.4) is 0 Å². The molecule has 1 aromatic carbocycles. The van der Waals surface area contributed by atoms with Gasteiger partial charge in [0, 0.05) is 30.9 Å². The zero-order valence-electron chi connectivity index (χ0n) is 13.2. The van der Waals surface area contributed by atoms with Crippen LogP contribution in [-0.2, 0) is 0 Å². The standard InChI is InChI=1S/C18H18N4O2/c23-17-10-16(20-11-21-17)18(24)22-7-4-12(5-8-22)13-1-2-15-14(9-13)3-6-19-15/h1-3,6,9-12,19H,4-5,7-8H2,(H,20,21,23). The molecule has 24 heavy (non-hydrogen) atoms. The number of amides is 1. The third-order valence-corrected chi connectivity index (χ3v) is 4.73. The van der Waals surface area contributed by atoms with Gasteiger partial charge in [0.15, 0.2) is 0 Å². The van der Waals surface area contributed by atoms with Gasteiger partial charge in [0.25, 0.3) is 11.5 Å². The Bertz CT molecular complexity index is 935. The predicted molar refractivity (Wildman–Crippen MR) is 91.0 cm³/mol. The Labute approximate surface area is 138 Å². The smallest absolute Gasteiger partial charge is 0.272 e. The molecule has 0 radical (unpaired) electrons. The fourth-order valence-electron chi connectivity index (χ4n) is 3.39. The lowest BCUT2D eigenvalue weighted by Gasteiger charge is -2.32. The average Bonchev–Trinajstić information content (AvgIpc) is 3.09. The number of aromatic nitrogens is 3. The number of fused-ring (bicyclic) bond motifs is 1. The first-order valence-corrected chi connectivity index (χ1v) is 8.12. The number of piperidine rings is 1. The van der Waals surface area contributed by atoms with E-state index in [4.69, 9.17) is 0 Å².